The van der Waals surface area contributed by atoms with E-state index < -0.39 is 0 Å². The summed E-state index contributed by atoms with van der Waals surface area (Å²) >= 11 is 4.38. The molecule has 0 bridgehead atoms. The van der Waals surface area contributed by atoms with Gasteiger partial charge >= 0.3 is 0 Å². The predicted molar refractivity (Wildman–Crippen MR) is 129 cm³/mol. The fraction of sp³-hybridized carbons (Fsp3) is 0.538. The van der Waals surface area contributed by atoms with E-state index in [2.05, 4.69) is 99.7 Å². The molecule has 4 rings (SSSR count). The normalized spacial score (nSPS) is 31.3. The van der Waals surface area contributed by atoms with Gasteiger partial charge in [0.2, 0.25) is 0 Å². The predicted octanol–water partition coefficient (Wildman–Crippen LogP) is 6.49. The summed E-state index contributed by atoms with van der Waals surface area (Å²) in [7, 11) is 0. The van der Waals surface area contributed by atoms with Crippen molar-refractivity contribution >= 4 is 23.5 Å². The zero-order valence-electron chi connectivity index (χ0n) is 18.2. The van der Waals surface area contributed by atoms with Crippen molar-refractivity contribution in [2.45, 2.75) is 61.9 Å². The van der Waals surface area contributed by atoms with E-state index in [4.69, 9.17) is 0 Å². The number of aliphatic hydroxyl groups is 1. The average Bonchev–Trinajstić information content (AvgIpc) is 3.19. The highest BCUT2D eigenvalue weighted by Gasteiger charge is 2.63. The van der Waals surface area contributed by atoms with E-state index in [1.54, 1.807) is 0 Å². The van der Waals surface area contributed by atoms with Crippen molar-refractivity contribution in [2.75, 3.05) is 18.1 Å². The topological polar surface area (TPSA) is 20.2 Å². The van der Waals surface area contributed by atoms with Gasteiger partial charge in [0.25, 0.3) is 0 Å². The van der Waals surface area contributed by atoms with Crippen LogP contribution in [0.5, 0.6) is 0 Å². The van der Waals surface area contributed by atoms with Crippen LogP contribution in [0, 0.1) is 19.8 Å². The smallest absolute Gasteiger partial charge is 0.0648 e. The van der Waals surface area contributed by atoms with Gasteiger partial charge in [-0.2, -0.15) is 0 Å². The SMILES string of the molecule is CCC1C2(CCC(CO)(c3ccc(C)cc3)C1(C)c1ccc(C)cc1)SCCS2. The Morgan fingerprint density at radius 2 is 1.38 bits per heavy atom. The molecule has 2 aliphatic rings. The summed E-state index contributed by atoms with van der Waals surface area (Å²) < 4.78 is 0.276. The van der Waals surface area contributed by atoms with E-state index in [0.717, 1.165) is 12.8 Å². The molecular weight excluding hydrogens is 392 g/mol. The summed E-state index contributed by atoms with van der Waals surface area (Å²) in [4.78, 5) is 0. The van der Waals surface area contributed by atoms with Gasteiger partial charge in [0.1, 0.15) is 0 Å². The lowest BCUT2D eigenvalue weighted by atomic mass is 9.47. The van der Waals surface area contributed by atoms with E-state index in [9.17, 15) is 5.11 Å². The molecule has 1 spiro atoms. The Hall–Kier alpha value is -0.900. The second kappa shape index (κ2) is 7.98. The molecule has 1 N–H and O–H groups in total. The van der Waals surface area contributed by atoms with Gasteiger partial charge in [-0.05, 0) is 43.7 Å². The van der Waals surface area contributed by atoms with Gasteiger partial charge in [0, 0.05) is 22.3 Å². The van der Waals surface area contributed by atoms with E-state index in [1.165, 1.54) is 40.2 Å². The number of benzene rings is 2. The van der Waals surface area contributed by atoms with Crippen molar-refractivity contribution in [3.05, 3.63) is 70.8 Å². The second-order valence-electron chi connectivity index (χ2n) is 9.14. The monoisotopic (exact) mass is 426 g/mol. The quantitative estimate of drug-likeness (QED) is 0.603. The highest BCUT2D eigenvalue weighted by molar-refractivity contribution is 8.21. The number of hydrogen-bond acceptors (Lipinski definition) is 3. The van der Waals surface area contributed by atoms with Crippen LogP contribution in [0.25, 0.3) is 0 Å². The molecule has 2 aromatic rings. The van der Waals surface area contributed by atoms with Gasteiger partial charge in [-0.25, -0.2) is 0 Å². The van der Waals surface area contributed by atoms with Gasteiger partial charge in [-0.1, -0.05) is 79.9 Å². The average molecular weight is 427 g/mol. The molecule has 3 atom stereocenters. The molecule has 3 heteroatoms. The maximum absolute atomic E-state index is 11.0. The van der Waals surface area contributed by atoms with E-state index in [-0.39, 0.29) is 21.5 Å². The van der Waals surface area contributed by atoms with Crippen molar-refractivity contribution < 1.29 is 5.11 Å². The minimum atomic E-state index is -0.258. The fourth-order valence-electron chi connectivity index (χ4n) is 6.16. The molecule has 0 aromatic heterocycles. The van der Waals surface area contributed by atoms with Crippen LogP contribution < -0.4 is 0 Å². The van der Waals surface area contributed by atoms with Crippen LogP contribution in [0.15, 0.2) is 48.5 Å². The first-order valence-corrected chi connectivity index (χ1v) is 12.9. The maximum atomic E-state index is 11.0. The molecule has 1 saturated carbocycles. The molecule has 3 unspecified atom stereocenters. The molecule has 0 amide bonds. The van der Waals surface area contributed by atoms with Crippen LogP contribution in [-0.2, 0) is 10.8 Å². The molecule has 2 aromatic carbocycles. The molecule has 1 saturated heterocycles. The van der Waals surface area contributed by atoms with Crippen molar-refractivity contribution in [1.29, 1.82) is 0 Å². The van der Waals surface area contributed by atoms with Gasteiger partial charge < -0.3 is 5.11 Å². The summed E-state index contributed by atoms with van der Waals surface area (Å²) in [6.45, 7) is 9.32. The highest BCUT2D eigenvalue weighted by atomic mass is 32.2. The minimum Gasteiger partial charge on any atom is -0.395 e. The van der Waals surface area contributed by atoms with Crippen LogP contribution in [0.2, 0.25) is 0 Å². The first-order valence-electron chi connectivity index (χ1n) is 10.9. The Morgan fingerprint density at radius 3 is 1.86 bits per heavy atom. The lowest BCUT2D eigenvalue weighted by molar-refractivity contribution is 0.0278. The van der Waals surface area contributed by atoms with E-state index in [0.29, 0.717) is 5.92 Å². The third-order valence-electron chi connectivity index (χ3n) is 7.83. The van der Waals surface area contributed by atoms with Gasteiger partial charge in [0.05, 0.1) is 10.7 Å². The van der Waals surface area contributed by atoms with Crippen molar-refractivity contribution in [3.8, 4) is 0 Å². The van der Waals surface area contributed by atoms with E-state index in [1.807, 2.05) is 0 Å². The second-order valence-corrected chi connectivity index (χ2v) is 12.3. The summed E-state index contributed by atoms with van der Waals surface area (Å²) in [5.41, 5.74) is 4.88. The standard InChI is InChI=1S/C26H34OS2/c1-5-23-24(4,21-10-6-19(2)7-11-21)25(18-27,22-12-8-20(3)9-13-22)14-15-26(23)28-16-17-29-26/h6-13,23,27H,5,14-18H2,1-4H3. The fourth-order valence-corrected chi connectivity index (χ4v) is 10.0. The van der Waals surface area contributed by atoms with Crippen LogP contribution in [0.4, 0.5) is 0 Å². The largest absolute Gasteiger partial charge is 0.395 e. The molecule has 1 aliphatic heterocycles. The zero-order chi connectivity index (χ0) is 20.7. The van der Waals surface area contributed by atoms with Gasteiger partial charge in [0.15, 0.2) is 0 Å². The van der Waals surface area contributed by atoms with Crippen molar-refractivity contribution in [3.63, 3.8) is 0 Å². The number of rotatable bonds is 4. The summed E-state index contributed by atoms with van der Waals surface area (Å²) in [6, 6.07) is 18.1. The molecule has 156 valence electrons. The molecular formula is C26H34OS2. The summed E-state index contributed by atoms with van der Waals surface area (Å²) in [6.07, 6.45) is 3.35. The molecule has 29 heavy (non-hydrogen) atoms. The molecule has 1 heterocycles. The third-order valence-corrected chi connectivity index (χ3v) is 11.6. The van der Waals surface area contributed by atoms with Crippen LogP contribution >= 0.6 is 23.5 Å². The summed E-state index contributed by atoms with van der Waals surface area (Å²) in [5.74, 6) is 3.02. The number of thioether (sulfide) groups is 2. The van der Waals surface area contributed by atoms with Crippen molar-refractivity contribution in [1.82, 2.24) is 0 Å². The molecule has 1 nitrogen and oxygen atoms in total. The van der Waals surface area contributed by atoms with Crippen LogP contribution in [0.1, 0.15) is 55.4 Å². The summed E-state index contributed by atoms with van der Waals surface area (Å²) in [5, 5.41) is 11.0. The van der Waals surface area contributed by atoms with Gasteiger partial charge in [-0.3, -0.25) is 0 Å². The lowest BCUT2D eigenvalue weighted by Gasteiger charge is -2.61. The van der Waals surface area contributed by atoms with Crippen molar-refractivity contribution in [2.24, 2.45) is 5.92 Å². The Kier molecular flexibility index (Phi) is 5.87. The molecule has 2 fully saturated rings. The zero-order valence-corrected chi connectivity index (χ0v) is 19.8. The Bertz CT molecular complexity index is 838. The Morgan fingerprint density at radius 1 is 0.862 bits per heavy atom. The number of aryl methyl sites for hydroxylation is 2. The third kappa shape index (κ3) is 3.20. The Balaban J connectivity index is 1.96. The first kappa shape index (κ1) is 21.3. The highest BCUT2D eigenvalue weighted by Crippen LogP contribution is 2.67. The van der Waals surface area contributed by atoms with Crippen LogP contribution in [0.3, 0.4) is 0 Å². The molecule has 0 radical (unpaired) electrons. The lowest BCUT2D eigenvalue weighted by Crippen LogP contribution is -2.62. The first-order chi connectivity index (χ1) is 13.9. The Labute approximate surface area is 185 Å². The maximum Gasteiger partial charge on any atom is 0.0648 e. The minimum absolute atomic E-state index is 0.123. The van der Waals surface area contributed by atoms with Gasteiger partial charge in [-0.15, -0.1) is 23.5 Å². The molecule has 1 aliphatic carbocycles. The van der Waals surface area contributed by atoms with Crippen LogP contribution in [-0.4, -0.2) is 27.3 Å². The number of aliphatic hydroxyl groups excluding tert-OH is 1. The van der Waals surface area contributed by atoms with E-state index >= 15 is 0 Å². The number of hydrogen-bond donors (Lipinski definition) is 1.